The number of rotatable bonds is 2. The number of fused-ring (bicyclic) bond motifs is 1. The molecule has 108 valence electrons. The van der Waals surface area contributed by atoms with Crippen molar-refractivity contribution < 1.29 is 4.79 Å². The van der Waals surface area contributed by atoms with Gasteiger partial charge in [-0.1, -0.05) is 19.9 Å². The Morgan fingerprint density at radius 3 is 2.75 bits per heavy atom. The van der Waals surface area contributed by atoms with Crippen LogP contribution in [0.2, 0.25) is 0 Å². The molecule has 20 heavy (non-hydrogen) atoms. The van der Waals surface area contributed by atoms with Crippen LogP contribution < -0.4 is 0 Å². The van der Waals surface area contributed by atoms with E-state index in [1.165, 1.54) is 0 Å². The number of allylic oxidation sites excluding steroid dienone is 1. The molecule has 0 radical (unpaired) electrons. The molecule has 0 N–H and O–H groups in total. The first-order valence-electron chi connectivity index (χ1n) is 7.57. The minimum Gasteiger partial charge on any atom is -0.337 e. The summed E-state index contributed by atoms with van der Waals surface area (Å²) in [5, 5.41) is 8.57. The third-order valence-electron chi connectivity index (χ3n) is 4.17. The normalized spacial score (nSPS) is 18.9. The fourth-order valence-electron chi connectivity index (χ4n) is 3.04. The SMILES string of the molecule is CC(C)c1nnc2n1CCN(C(=O)C1=CCCC1)CC2. The van der Waals surface area contributed by atoms with Gasteiger partial charge in [0.15, 0.2) is 0 Å². The largest absolute Gasteiger partial charge is 0.337 e. The molecule has 0 saturated heterocycles. The highest BCUT2D eigenvalue weighted by Crippen LogP contribution is 2.22. The van der Waals surface area contributed by atoms with Gasteiger partial charge in [-0.05, 0) is 19.3 Å². The number of nitrogens with zero attached hydrogens (tertiary/aromatic N) is 4. The summed E-state index contributed by atoms with van der Waals surface area (Å²) in [6.07, 6.45) is 6.03. The molecule has 5 nitrogen and oxygen atoms in total. The summed E-state index contributed by atoms with van der Waals surface area (Å²) in [4.78, 5) is 14.4. The molecule has 0 atom stereocenters. The molecule has 1 aliphatic carbocycles. The van der Waals surface area contributed by atoms with Gasteiger partial charge in [0, 0.05) is 37.5 Å². The third kappa shape index (κ3) is 2.37. The number of carbonyl (C=O) groups excluding carboxylic acids is 1. The minimum absolute atomic E-state index is 0.229. The molecular weight excluding hydrogens is 252 g/mol. The lowest BCUT2D eigenvalue weighted by Gasteiger charge is -2.20. The molecular formula is C15H22N4O. The van der Waals surface area contributed by atoms with E-state index < -0.39 is 0 Å². The Kier molecular flexibility index (Phi) is 3.59. The van der Waals surface area contributed by atoms with E-state index in [0.717, 1.165) is 62.5 Å². The summed E-state index contributed by atoms with van der Waals surface area (Å²) in [6.45, 7) is 6.60. The number of carbonyl (C=O) groups is 1. The Bertz CT molecular complexity index is 544. The third-order valence-corrected chi connectivity index (χ3v) is 4.17. The van der Waals surface area contributed by atoms with E-state index in [1.807, 2.05) is 4.90 Å². The van der Waals surface area contributed by atoms with Crippen molar-refractivity contribution in [2.24, 2.45) is 0 Å². The average Bonchev–Trinajstić information content (AvgIpc) is 3.04. The van der Waals surface area contributed by atoms with Crippen molar-refractivity contribution in [2.75, 3.05) is 13.1 Å². The first kappa shape index (κ1) is 13.3. The van der Waals surface area contributed by atoms with Crippen LogP contribution in [0.4, 0.5) is 0 Å². The van der Waals surface area contributed by atoms with Gasteiger partial charge in [-0.25, -0.2) is 0 Å². The maximum absolute atomic E-state index is 12.5. The predicted molar refractivity (Wildman–Crippen MR) is 76.3 cm³/mol. The number of hydrogen-bond acceptors (Lipinski definition) is 3. The van der Waals surface area contributed by atoms with Gasteiger partial charge >= 0.3 is 0 Å². The van der Waals surface area contributed by atoms with Gasteiger partial charge in [-0.15, -0.1) is 10.2 Å². The topological polar surface area (TPSA) is 51.0 Å². The van der Waals surface area contributed by atoms with Gasteiger partial charge in [-0.3, -0.25) is 4.79 Å². The standard InChI is InChI=1S/C15H22N4O/c1-11(2)14-17-16-13-7-8-18(9-10-19(13)14)15(20)12-5-3-4-6-12/h5,11H,3-4,6-10H2,1-2H3. The van der Waals surface area contributed by atoms with Crippen LogP contribution in [0.1, 0.15) is 50.7 Å². The van der Waals surface area contributed by atoms with Gasteiger partial charge in [0.1, 0.15) is 11.6 Å². The first-order valence-corrected chi connectivity index (χ1v) is 7.57. The van der Waals surface area contributed by atoms with Crippen molar-refractivity contribution in [1.29, 1.82) is 0 Å². The van der Waals surface area contributed by atoms with Crippen molar-refractivity contribution >= 4 is 5.91 Å². The van der Waals surface area contributed by atoms with Gasteiger partial charge in [0.2, 0.25) is 5.91 Å². The van der Waals surface area contributed by atoms with Crippen molar-refractivity contribution in [1.82, 2.24) is 19.7 Å². The van der Waals surface area contributed by atoms with Crippen LogP contribution in [0.15, 0.2) is 11.6 Å². The maximum atomic E-state index is 12.5. The van der Waals surface area contributed by atoms with Gasteiger partial charge < -0.3 is 9.47 Å². The zero-order valence-electron chi connectivity index (χ0n) is 12.3. The summed E-state index contributed by atoms with van der Waals surface area (Å²) in [7, 11) is 0. The van der Waals surface area contributed by atoms with Gasteiger partial charge in [0.05, 0.1) is 0 Å². The molecule has 5 heteroatoms. The Labute approximate surface area is 119 Å². The van der Waals surface area contributed by atoms with Crippen molar-refractivity contribution in [3.8, 4) is 0 Å². The molecule has 0 spiro atoms. The number of hydrogen-bond donors (Lipinski definition) is 0. The number of amides is 1. The second-order valence-electron chi connectivity index (χ2n) is 5.94. The lowest BCUT2D eigenvalue weighted by molar-refractivity contribution is -0.127. The molecule has 0 aromatic carbocycles. The monoisotopic (exact) mass is 274 g/mol. The average molecular weight is 274 g/mol. The van der Waals surface area contributed by atoms with E-state index in [0.29, 0.717) is 5.92 Å². The van der Waals surface area contributed by atoms with Crippen LogP contribution in [-0.2, 0) is 17.8 Å². The van der Waals surface area contributed by atoms with Crippen LogP contribution in [0.5, 0.6) is 0 Å². The highest BCUT2D eigenvalue weighted by Gasteiger charge is 2.25. The molecule has 2 aliphatic rings. The molecule has 0 bridgehead atoms. The van der Waals surface area contributed by atoms with Crippen molar-refractivity contribution in [2.45, 2.75) is 52.0 Å². The quantitative estimate of drug-likeness (QED) is 0.827. The van der Waals surface area contributed by atoms with E-state index in [4.69, 9.17) is 0 Å². The molecule has 1 aliphatic heterocycles. The van der Waals surface area contributed by atoms with E-state index in [9.17, 15) is 4.79 Å². The zero-order chi connectivity index (χ0) is 14.1. The Hall–Kier alpha value is -1.65. The lowest BCUT2D eigenvalue weighted by Crippen LogP contribution is -2.34. The van der Waals surface area contributed by atoms with Crippen molar-refractivity contribution in [3.05, 3.63) is 23.3 Å². The molecule has 1 amide bonds. The summed E-state index contributed by atoms with van der Waals surface area (Å²) < 4.78 is 2.20. The van der Waals surface area contributed by atoms with Crippen molar-refractivity contribution in [3.63, 3.8) is 0 Å². The zero-order valence-corrected chi connectivity index (χ0v) is 12.3. The smallest absolute Gasteiger partial charge is 0.249 e. The predicted octanol–water partition coefficient (Wildman–Crippen LogP) is 1.90. The second kappa shape index (κ2) is 5.38. The summed E-state index contributed by atoms with van der Waals surface area (Å²) in [5.41, 5.74) is 1.01. The summed E-state index contributed by atoms with van der Waals surface area (Å²) >= 11 is 0. The molecule has 2 heterocycles. The Balaban J connectivity index is 1.74. The van der Waals surface area contributed by atoms with Crippen LogP contribution >= 0.6 is 0 Å². The summed E-state index contributed by atoms with van der Waals surface area (Å²) in [5.74, 6) is 2.65. The molecule has 1 aromatic heterocycles. The number of aromatic nitrogens is 3. The molecule has 1 aromatic rings. The molecule has 0 fully saturated rings. The van der Waals surface area contributed by atoms with Crippen LogP contribution in [0.25, 0.3) is 0 Å². The van der Waals surface area contributed by atoms with Gasteiger partial charge in [0.25, 0.3) is 0 Å². The lowest BCUT2D eigenvalue weighted by atomic mass is 10.2. The van der Waals surface area contributed by atoms with E-state index >= 15 is 0 Å². The van der Waals surface area contributed by atoms with Crippen LogP contribution in [0.3, 0.4) is 0 Å². The molecule has 3 rings (SSSR count). The second-order valence-corrected chi connectivity index (χ2v) is 5.94. The van der Waals surface area contributed by atoms with Gasteiger partial charge in [-0.2, -0.15) is 0 Å². The van der Waals surface area contributed by atoms with E-state index in [-0.39, 0.29) is 5.91 Å². The minimum atomic E-state index is 0.229. The highest BCUT2D eigenvalue weighted by molar-refractivity contribution is 5.93. The van der Waals surface area contributed by atoms with E-state index in [2.05, 4.69) is 34.7 Å². The Morgan fingerprint density at radius 2 is 2.05 bits per heavy atom. The maximum Gasteiger partial charge on any atom is 0.249 e. The summed E-state index contributed by atoms with van der Waals surface area (Å²) in [6, 6.07) is 0. The Morgan fingerprint density at radius 1 is 1.20 bits per heavy atom. The highest BCUT2D eigenvalue weighted by atomic mass is 16.2. The first-order chi connectivity index (χ1) is 9.66. The van der Waals surface area contributed by atoms with E-state index in [1.54, 1.807) is 0 Å². The fraction of sp³-hybridized carbons (Fsp3) is 0.667. The molecule has 0 saturated carbocycles. The fourth-order valence-corrected chi connectivity index (χ4v) is 3.04. The van der Waals surface area contributed by atoms with Crippen LogP contribution in [-0.4, -0.2) is 38.7 Å². The molecule has 0 unspecified atom stereocenters. The van der Waals surface area contributed by atoms with Crippen LogP contribution in [0, 0.1) is 0 Å².